The van der Waals surface area contributed by atoms with Gasteiger partial charge in [-0.15, -0.1) is 0 Å². The van der Waals surface area contributed by atoms with Gasteiger partial charge >= 0.3 is 0 Å². The third-order valence-electron chi connectivity index (χ3n) is 4.75. The van der Waals surface area contributed by atoms with Crippen LogP contribution < -0.4 is 14.3 Å². The van der Waals surface area contributed by atoms with Crippen LogP contribution in [-0.2, 0) is 20.0 Å². The molecule has 174 valence electrons. The standard InChI is InChI=1S/C22H22ClN3O5S2/c1-15-7-10-17(11-8-15)25-33(30,31)21-13-16(9-12-20(21)23)22(27)24-18-5-4-6-19(14-18)26(2)32(3,28)29/h4-14,25H,1-3H3,(H,24,27). The lowest BCUT2D eigenvalue weighted by atomic mass is 10.2. The Hall–Kier alpha value is -3.08. The fourth-order valence-electron chi connectivity index (χ4n) is 2.86. The van der Waals surface area contributed by atoms with Gasteiger partial charge in [0.25, 0.3) is 15.9 Å². The molecule has 0 heterocycles. The van der Waals surface area contributed by atoms with Crippen LogP contribution in [0.3, 0.4) is 0 Å². The molecule has 0 unspecified atom stereocenters. The lowest BCUT2D eigenvalue weighted by Crippen LogP contribution is -2.24. The fourth-order valence-corrected chi connectivity index (χ4v) is 4.94. The molecule has 0 spiro atoms. The van der Waals surface area contributed by atoms with Crippen molar-refractivity contribution in [3.8, 4) is 0 Å². The summed E-state index contributed by atoms with van der Waals surface area (Å²) < 4.78 is 52.8. The van der Waals surface area contributed by atoms with Crippen LogP contribution in [0.25, 0.3) is 0 Å². The topological polar surface area (TPSA) is 113 Å². The van der Waals surface area contributed by atoms with Crippen molar-refractivity contribution in [2.45, 2.75) is 11.8 Å². The highest BCUT2D eigenvalue weighted by Crippen LogP contribution is 2.26. The van der Waals surface area contributed by atoms with E-state index in [1.165, 1.54) is 31.3 Å². The first-order valence-corrected chi connectivity index (χ1v) is 13.3. The van der Waals surface area contributed by atoms with Gasteiger partial charge in [0.15, 0.2) is 0 Å². The highest BCUT2D eigenvalue weighted by Gasteiger charge is 2.21. The number of amides is 1. The van der Waals surface area contributed by atoms with Gasteiger partial charge in [0.2, 0.25) is 10.0 Å². The molecule has 0 fully saturated rings. The zero-order valence-corrected chi connectivity index (χ0v) is 20.4. The second kappa shape index (κ2) is 9.42. The predicted octanol–water partition coefficient (Wildman–Crippen LogP) is 4.10. The number of aryl methyl sites for hydroxylation is 1. The number of rotatable bonds is 7. The maximum absolute atomic E-state index is 12.9. The van der Waals surface area contributed by atoms with Crippen molar-refractivity contribution in [2.75, 3.05) is 27.6 Å². The smallest absolute Gasteiger partial charge is 0.263 e. The summed E-state index contributed by atoms with van der Waals surface area (Å²) in [7, 11) is -6.13. The average molecular weight is 508 g/mol. The van der Waals surface area contributed by atoms with Gasteiger partial charge in [0.05, 0.1) is 17.0 Å². The third-order valence-corrected chi connectivity index (χ3v) is 7.82. The number of carbonyl (C=O) groups is 1. The molecule has 0 aromatic heterocycles. The molecular formula is C22H22ClN3O5S2. The number of hydrogen-bond donors (Lipinski definition) is 2. The lowest BCUT2D eigenvalue weighted by Gasteiger charge is -2.17. The maximum Gasteiger partial charge on any atom is 0.263 e. The molecule has 3 aromatic rings. The normalized spacial score (nSPS) is 11.6. The van der Waals surface area contributed by atoms with E-state index in [2.05, 4.69) is 10.0 Å². The van der Waals surface area contributed by atoms with E-state index in [1.807, 2.05) is 6.92 Å². The van der Waals surface area contributed by atoms with E-state index in [4.69, 9.17) is 11.6 Å². The van der Waals surface area contributed by atoms with Gasteiger partial charge in [-0.2, -0.15) is 0 Å². The van der Waals surface area contributed by atoms with Crippen LogP contribution in [0.2, 0.25) is 5.02 Å². The number of anilines is 3. The third kappa shape index (κ3) is 6.04. The molecule has 33 heavy (non-hydrogen) atoms. The van der Waals surface area contributed by atoms with E-state index < -0.39 is 26.0 Å². The first-order chi connectivity index (χ1) is 15.4. The predicted molar refractivity (Wildman–Crippen MR) is 131 cm³/mol. The summed E-state index contributed by atoms with van der Waals surface area (Å²) in [4.78, 5) is 12.5. The Balaban J connectivity index is 1.86. The molecule has 2 N–H and O–H groups in total. The van der Waals surface area contributed by atoms with Gasteiger partial charge < -0.3 is 5.32 Å². The quantitative estimate of drug-likeness (QED) is 0.500. The van der Waals surface area contributed by atoms with Crippen molar-refractivity contribution in [3.05, 3.63) is 82.9 Å². The van der Waals surface area contributed by atoms with E-state index in [-0.39, 0.29) is 15.5 Å². The number of nitrogens with one attached hydrogen (secondary N) is 2. The zero-order valence-electron chi connectivity index (χ0n) is 18.0. The molecule has 0 aliphatic rings. The van der Waals surface area contributed by atoms with Gasteiger partial charge in [-0.05, 0) is 55.5 Å². The zero-order chi connectivity index (χ0) is 24.4. The largest absolute Gasteiger partial charge is 0.322 e. The SMILES string of the molecule is Cc1ccc(NS(=O)(=O)c2cc(C(=O)Nc3cccc(N(C)S(C)(=O)=O)c3)ccc2Cl)cc1. The first kappa shape index (κ1) is 24.6. The molecule has 11 heteroatoms. The van der Waals surface area contributed by atoms with Crippen molar-refractivity contribution in [1.29, 1.82) is 0 Å². The van der Waals surface area contributed by atoms with E-state index in [9.17, 15) is 21.6 Å². The molecule has 0 bridgehead atoms. The number of sulfonamides is 2. The number of nitrogens with zero attached hydrogens (tertiary/aromatic N) is 1. The highest BCUT2D eigenvalue weighted by molar-refractivity contribution is 7.93. The Bertz CT molecular complexity index is 1410. The monoisotopic (exact) mass is 507 g/mol. The second-order valence-electron chi connectivity index (χ2n) is 7.35. The minimum Gasteiger partial charge on any atom is -0.322 e. The van der Waals surface area contributed by atoms with E-state index >= 15 is 0 Å². The maximum atomic E-state index is 12.9. The Kier molecular flexibility index (Phi) is 7.01. The fraction of sp³-hybridized carbons (Fsp3) is 0.136. The van der Waals surface area contributed by atoms with Gasteiger partial charge in [-0.25, -0.2) is 16.8 Å². The summed E-state index contributed by atoms with van der Waals surface area (Å²) in [6, 6.07) is 16.9. The molecule has 0 saturated heterocycles. The van der Waals surface area contributed by atoms with E-state index in [0.29, 0.717) is 17.1 Å². The number of halogens is 1. The summed E-state index contributed by atoms with van der Waals surface area (Å²) in [5.41, 5.74) is 2.09. The van der Waals surface area contributed by atoms with E-state index in [1.54, 1.807) is 42.5 Å². The summed E-state index contributed by atoms with van der Waals surface area (Å²) in [6.07, 6.45) is 1.07. The molecule has 0 aliphatic carbocycles. The molecule has 8 nitrogen and oxygen atoms in total. The molecule has 3 rings (SSSR count). The summed E-state index contributed by atoms with van der Waals surface area (Å²) in [5, 5.41) is 2.60. The van der Waals surface area contributed by atoms with Gasteiger partial charge in [0.1, 0.15) is 4.90 Å². The van der Waals surface area contributed by atoms with Crippen LogP contribution >= 0.6 is 11.6 Å². The average Bonchev–Trinajstić information content (AvgIpc) is 2.74. The van der Waals surface area contributed by atoms with Crippen molar-refractivity contribution in [2.24, 2.45) is 0 Å². The van der Waals surface area contributed by atoms with Crippen LogP contribution in [-0.4, -0.2) is 36.0 Å². The minimum absolute atomic E-state index is 0.0389. The van der Waals surface area contributed by atoms with Gasteiger partial charge in [0, 0.05) is 24.0 Å². The molecule has 0 atom stereocenters. The van der Waals surface area contributed by atoms with Crippen LogP contribution in [0.15, 0.2) is 71.6 Å². The summed E-state index contributed by atoms with van der Waals surface area (Å²) in [5.74, 6) is -0.586. The number of hydrogen-bond acceptors (Lipinski definition) is 5. The van der Waals surface area contributed by atoms with Gasteiger partial charge in [-0.1, -0.05) is 35.4 Å². The van der Waals surface area contributed by atoms with Crippen molar-refractivity contribution < 1.29 is 21.6 Å². The van der Waals surface area contributed by atoms with Crippen LogP contribution in [0.4, 0.5) is 17.1 Å². The molecular weight excluding hydrogens is 486 g/mol. The van der Waals surface area contributed by atoms with Crippen molar-refractivity contribution in [1.82, 2.24) is 0 Å². The Labute approximate surface area is 198 Å². The Morgan fingerprint density at radius 1 is 0.909 bits per heavy atom. The lowest BCUT2D eigenvalue weighted by molar-refractivity contribution is 0.102. The first-order valence-electron chi connectivity index (χ1n) is 9.61. The minimum atomic E-state index is -4.06. The molecule has 0 radical (unpaired) electrons. The second-order valence-corrected chi connectivity index (χ2v) is 11.4. The number of benzene rings is 3. The Morgan fingerprint density at radius 3 is 2.21 bits per heavy atom. The molecule has 0 aliphatic heterocycles. The Morgan fingerprint density at radius 2 is 1.58 bits per heavy atom. The van der Waals surface area contributed by atoms with E-state index in [0.717, 1.165) is 16.1 Å². The van der Waals surface area contributed by atoms with Crippen LogP contribution in [0.1, 0.15) is 15.9 Å². The van der Waals surface area contributed by atoms with Crippen molar-refractivity contribution in [3.63, 3.8) is 0 Å². The summed E-state index contributed by atoms with van der Waals surface area (Å²) in [6.45, 7) is 1.88. The molecule has 1 amide bonds. The summed E-state index contributed by atoms with van der Waals surface area (Å²) >= 11 is 6.12. The number of carbonyl (C=O) groups excluding carboxylic acids is 1. The molecule has 3 aromatic carbocycles. The van der Waals surface area contributed by atoms with Crippen molar-refractivity contribution >= 4 is 54.6 Å². The van der Waals surface area contributed by atoms with Crippen LogP contribution in [0, 0.1) is 6.92 Å². The van der Waals surface area contributed by atoms with Crippen LogP contribution in [0.5, 0.6) is 0 Å². The van der Waals surface area contributed by atoms with Gasteiger partial charge in [-0.3, -0.25) is 13.8 Å². The molecule has 0 saturated carbocycles. The highest BCUT2D eigenvalue weighted by atomic mass is 35.5.